The van der Waals surface area contributed by atoms with Gasteiger partial charge in [0.25, 0.3) is 0 Å². The van der Waals surface area contributed by atoms with E-state index in [1.165, 1.54) is 12.8 Å². The average Bonchev–Trinajstić information content (AvgIpc) is 2.78. The van der Waals surface area contributed by atoms with E-state index in [0.717, 1.165) is 37.3 Å². The van der Waals surface area contributed by atoms with Crippen LogP contribution >= 0.6 is 0 Å². The summed E-state index contributed by atoms with van der Waals surface area (Å²) in [5.74, 6) is 2.30. The van der Waals surface area contributed by atoms with Crippen molar-refractivity contribution in [3.05, 3.63) is 12.2 Å². The van der Waals surface area contributed by atoms with Crippen LogP contribution in [0.15, 0.2) is 12.2 Å². The van der Waals surface area contributed by atoms with Crippen molar-refractivity contribution in [1.29, 1.82) is 0 Å². The summed E-state index contributed by atoms with van der Waals surface area (Å²) in [4.78, 5) is 10.5. The van der Waals surface area contributed by atoms with Gasteiger partial charge in [-0.25, -0.2) is 0 Å². The first-order chi connectivity index (χ1) is 7.25. The quantitative estimate of drug-likeness (QED) is 0.506. The van der Waals surface area contributed by atoms with Crippen molar-refractivity contribution in [2.75, 3.05) is 13.1 Å². The molecule has 1 amide bonds. The lowest BCUT2D eigenvalue weighted by atomic mass is 9.93. The summed E-state index contributed by atoms with van der Waals surface area (Å²) in [7, 11) is 0. The Labute approximate surface area is 91.1 Å². The number of hydrogen-bond acceptors (Lipinski definition) is 2. The molecule has 0 saturated heterocycles. The normalized spacial score (nSPS) is 32.4. The molecule has 0 aromatic heterocycles. The SMILES string of the molecule is NC(=O)CCCNCC1CC2C=CC1C2. The highest BCUT2D eigenvalue weighted by Crippen LogP contribution is 2.42. The van der Waals surface area contributed by atoms with E-state index in [2.05, 4.69) is 17.5 Å². The minimum Gasteiger partial charge on any atom is -0.370 e. The molecule has 0 aromatic carbocycles. The second-order valence-corrected chi connectivity index (χ2v) is 4.81. The molecular weight excluding hydrogens is 188 g/mol. The third-order valence-corrected chi connectivity index (χ3v) is 3.60. The second kappa shape index (κ2) is 4.79. The molecule has 3 nitrogen and oxygen atoms in total. The van der Waals surface area contributed by atoms with E-state index in [1.54, 1.807) is 0 Å². The largest absolute Gasteiger partial charge is 0.370 e. The van der Waals surface area contributed by atoms with Crippen molar-refractivity contribution < 1.29 is 4.79 Å². The van der Waals surface area contributed by atoms with Gasteiger partial charge in [0.05, 0.1) is 0 Å². The lowest BCUT2D eigenvalue weighted by Crippen LogP contribution is -2.27. The Balaban J connectivity index is 1.55. The molecule has 0 aliphatic heterocycles. The predicted molar refractivity (Wildman–Crippen MR) is 60.1 cm³/mol. The Morgan fingerprint density at radius 1 is 1.40 bits per heavy atom. The van der Waals surface area contributed by atoms with Crippen LogP contribution in [-0.4, -0.2) is 19.0 Å². The van der Waals surface area contributed by atoms with Crippen LogP contribution in [0, 0.1) is 17.8 Å². The van der Waals surface area contributed by atoms with Gasteiger partial charge in [-0.2, -0.15) is 0 Å². The first-order valence-corrected chi connectivity index (χ1v) is 5.93. The second-order valence-electron chi connectivity index (χ2n) is 4.81. The Kier molecular flexibility index (Phi) is 3.41. The number of fused-ring (bicyclic) bond motifs is 2. The minimum absolute atomic E-state index is 0.195. The molecule has 2 aliphatic rings. The fourth-order valence-electron chi connectivity index (χ4n) is 2.80. The summed E-state index contributed by atoms with van der Waals surface area (Å²) in [5.41, 5.74) is 5.07. The molecule has 15 heavy (non-hydrogen) atoms. The van der Waals surface area contributed by atoms with Gasteiger partial charge in [0.1, 0.15) is 0 Å². The van der Waals surface area contributed by atoms with Crippen LogP contribution < -0.4 is 11.1 Å². The monoisotopic (exact) mass is 208 g/mol. The minimum atomic E-state index is -0.195. The maximum atomic E-state index is 10.5. The number of hydrogen-bond donors (Lipinski definition) is 2. The van der Waals surface area contributed by atoms with Gasteiger partial charge < -0.3 is 11.1 Å². The van der Waals surface area contributed by atoms with Crippen LogP contribution in [0.5, 0.6) is 0 Å². The molecule has 3 atom stereocenters. The zero-order valence-corrected chi connectivity index (χ0v) is 9.11. The van der Waals surface area contributed by atoms with E-state index in [4.69, 9.17) is 5.73 Å². The highest BCUT2D eigenvalue weighted by Gasteiger charge is 2.34. The van der Waals surface area contributed by atoms with Crippen molar-refractivity contribution in [3.8, 4) is 0 Å². The van der Waals surface area contributed by atoms with Crippen molar-refractivity contribution in [2.24, 2.45) is 23.5 Å². The smallest absolute Gasteiger partial charge is 0.217 e. The molecule has 1 fully saturated rings. The van der Waals surface area contributed by atoms with Crippen molar-refractivity contribution in [2.45, 2.75) is 25.7 Å². The highest BCUT2D eigenvalue weighted by atomic mass is 16.1. The van der Waals surface area contributed by atoms with Crippen LogP contribution in [0.2, 0.25) is 0 Å². The van der Waals surface area contributed by atoms with Crippen LogP contribution in [0.1, 0.15) is 25.7 Å². The van der Waals surface area contributed by atoms with Gasteiger partial charge in [-0.15, -0.1) is 0 Å². The molecule has 84 valence electrons. The topological polar surface area (TPSA) is 55.1 Å². The van der Waals surface area contributed by atoms with Gasteiger partial charge in [0.15, 0.2) is 0 Å². The van der Waals surface area contributed by atoms with Gasteiger partial charge in [0, 0.05) is 6.42 Å². The number of amides is 1. The summed E-state index contributed by atoms with van der Waals surface area (Å²) in [6, 6.07) is 0. The number of primary amides is 1. The summed E-state index contributed by atoms with van der Waals surface area (Å²) < 4.78 is 0. The number of carbonyl (C=O) groups is 1. The fraction of sp³-hybridized carbons (Fsp3) is 0.750. The van der Waals surface area contributed by atoms with E-state index >= 15 is 0 Å². The molecule has 2 rings (SSSR count). The van der Waals surface area contributed by atoms with Crippen LogP contribution in [-0.2, 0) is 4.79 Å². The third-order valence-electron chi connectivity index (χ3n) is 3.60. The van der Waals surface area contributed by atoms with Crippen LogP contribution in [0.3, 0.4) is 0 Å². The van der Waals surface area contributed by atoms with Crippen molar-refractivity contribution in [3.63, 3.8) is 0 Å². The van der Waals surface area contributed by atoms with Gasteiger partial charge in [0.2, 0.25) is 5.91 Å². The lowest BCUT2D eigenvalue weighted by Gasteiger charge is -2.18. The summed E-state index contributed by atoms with van der Waals surface area (Å²) in [6.45, 7) is 2.02. The lowest BCUT2D eigenvalue weighted by molar-refractivity contribution is -0.118. The van der Waals surface area contributed by atoms with Crippen LogP contribution in [0.4, 0.5) is 0 Å². The zero-order chi connectivity index (χ0) is 10.7. The number of nitrogens with one attached hydrogen (secondary N) is 1. The number of nitrogens with two attached hydrogens (primary N) is 1. The average molecular weight is 208 g/mol. The van der Waals surface area contributed by atoms with Gasteiger partial charge in [-0.1, -0.05) is 12.2 Å². The first kappa shape index (κ1) is 10.7. The molecule has 3 N–H and O–H groups in total. The molecular formula is C12H20N2O. The van der Waals surface area contributed by atoms with E-state index in [-0.39, 0.29) is 5.91 Å². The number of carbonyl (C=O) groups excluding carboxylic acids is 1. The van der Waals surface area contributed by atoms with E-state index in [9.17, 15) is 4.79 Å². The van der Waals surface area contributed by atoms with Gasteiger partial charge in [-0.05, 0) is 50.1 Å². The van der Waals surface area contributed by atoms with Crippen LogP contribution in [0.25, 0.3) is 0 Å². The Morgan fingerprint density at radius 2 is 2.27 bits per heavy atom. The standard InChI is InChI=1S/C12H20N2O/c13-12(15)2-1-5-14-8-11-7-9-3-4-10(11)6-9/h3-4,9-11,14H,1-2,5-8H2,(H2,13,15). The maximum Gasteiger partial charge on any atom is 0.217 e. The number of allylic oxidation sites excluding steroid dienone is 2. The fourth-order valence-corrected chi connectivity index (χ4v) is 2.80. The van der Waals surface area contributed by atoms with E-state index in [1.807, 2.05) is 0 Å². The zero-order valence-electron chi connectivity index (χ0n) is 9.11. The molecule has 0 radical (unpaired) electrons. The highest BCUT2D eigenvalue weighted by molar-refractivity contribution is 5.73. The first-order valence-electron chi connectivity index (χ1n) is 5.93. The maximum absolute atomic E-state index is 10.5. The van der Waals surface area contributed by atoms with Gasteiger partial charge >= 0.3 is 0 Å². The molecule has 0 heterocycles. The molecule has 0 spiro atoms. The van der Waals surface area contributed by atoms with E-state index < -0.39 is 0 Å². The molecule has 3 unspecified atom stereocenters. The molecule has 2 aliphatic carbocycles. The summed E-state index contributed by atoms with van der Waals surface area (Å²) in [6.07, 6.45) is 8.84. The molecule has 2 bridgehead atoms. The van der Waals surface area contributed by atoms with Gasteiger partial charge in [-0.3, -0.25) is 4.79 Å². The molecule has 0 aromatic rings. The molecule has 3 heteroatoms. The van der Waals surface area contributed by atoms with Crippen molar-refractivity contribution >= 4 is 5.91 Å². The Morgan fingerprint density at radius 3 is 2.87 bits per heavy atom. The summed E-state index contributed by atoms with van der Waals surface area (Å²) >= 11 is 0. The predicted octanol–water partition coefficient (Wildman–Crippen LogP) is 1.05. The Bertz CT molecular complexity index is 262. The van der Waals surface area contributed by atoms with Crippen molar-refractivity contribution in [1.82, 2.24) is 5.32 Å². The summed E-state index contributed by atoms with van der Waals surface area (Å²) in [5, 5.41) is 3.43. The third kappa shape index (κ3) is 2.81. The number of rotatable bonds is 6. The van der Waals surface area contributed by atoms with E-state index in [0.29, 0.717) is 6.42 Å². The molecule has 1 saturated carbocycles. The Hall–Kier alpha value is -0.830.